The smallest absolute Gasteiger partial charge is 0.251 e. The molecule has 4 heterocycles. The first kappa shape index (κ1) is 31.2. The van der Waals surface area contributed by atoms with Crippen LogP contribution in [0.1, 0.15) is 60.3 Å². The Bertz CT molecular complexity index is 1820. The van der Waals surface area contributed by atoms with E-state index in [1.54, 1.807) is 25.3 Å². The number of rotatable bonds is 9. The zero-order valence-electron chi connectivity index (χ0n) is 25.6. The Kier molecular flexibility index (Phi) is 9.07. The van der Waals surface area contributed by atoms with E-state index in [9.17, 15) is 18.0 Å². The minimum atomic E-state index is -3.46. The Morgan fingerprint density at radius 2 is 1.82 bits per heavy atom. The molecule has 5 rings (SSSR count). The molecule has 3 atom stereocenters. The second-order valence-electron chi connectivity index (χ2n) is 11.6. The predicted molar refractivity (Wildman–Crippen MR) is 170 cm³/mol. The van der Waals surface area contributed by atoms with E-state index in [0.29, 0.717) is 47.7 Å². The molecule has 1 unspecified atom stereocenters. The van der Waals surface area contributed by atoms with Gasteiger partial charge in [-0.1, -0.05) is 13.0 Å². The van der Waals surface area contributed by atoms with Crippen molar-refractivity contribution in [1.82, 2.24) is 20.3 Å². The average molecular weight is 616 g/mol. The number of carbonyl (C=O) groups excluding carboxylic acids is 2. The quantitative estimate of drug-likeness (QED) is 0.268. The number of aromatic nitrogens is 3. The summed E-state index contributed by atoms with van der Waals surface area (Å²) >= 11 is 0. The van der Waals surface area contributed by atoms with Crippen molar-refractivity contribution in [3.63, 3.8) is 0 Å². The van der Waals surface area contributed by atoms with Crippen molar-refractivity contribution in [2.45, 2.75) is 63.7 Å². The van der Waals surface area contributed by atoms with Gasteiger partial charge < -0.3 is 19.7 Å². The van der Waals surface area contributed by atoms with Crippen LogP contribution in [0.4, 0.5) is 5.82 Å². The molecule has 1 aromatic carbocycles. The molecule has 0 saturated carbocycles. The summed E-state index contributed by atoms with van der Waals surface area (Å²) in [7, 11) is -3.46. The van der Waals surface area contributed by atoms with E-state index < -0.39 is 15.7 Å². The zero-order valence-corrected chi connectivity index (χ0v) is 26.4. The molecule has 0 spiro atoms. The molecule has 44 heavy (non-hydrogen) atoms. The molecule has 1 N–H and O–H groups in total. The van der Waals surface area contributed by atoms with Gasteiger partial charge in [0.15, 0.2) is 9.84 Å². The number of hydrogen-bond acceptors (Lipinski definition) is 9. The van der Waals surface area contributed by atoms with Crippen LogP contribution in [0.25, 0.3) is 22.3 Å². The van der Waals surface area contributed by atoms with Crippen molar-refractivity contribution in [3.05, 3.63) is 77.1 Å². The van der Waals surface area contributed by atoms with E-state index in [0.717, 1.165) is 29.3 Å². The number of carbonyl (C=O) groups is 2. The van der Waals surface area contributed by atoms with Crippen LogP contribution in [0.2, 0.25) is 0 Å². The van der Waals surface area contributed by atoms with Gasteiger partial charge in [-0.25, -0.2) is 18.4 Å². The predicted octanol–water partition coefficient (Wildman–Crippen LogP) is 4.64. The monoisotopic (exact) mass is 615 g/mol. The number of sulfone groups is 1. The highest BCUT2D eigenvalue weighted by atomic mass is 32.2. The average Bonchev–Trinajstić information content (AvgIpc) is 2.98. The molecule has 0 aliphatic carbocycles. The summed E-state index contributed by atoms with van der Waals surface area (Å²) in [5.74, 6) is 0.446. The van der Waals surface area contributed by atoms with Crippen molar-refractivity contribution in [2.24, 2.45) is 0 Å². The van der Waals surface area contributed by atoms with Crippen LogP contribution in [-0.4, -0.2) is 67.1 Å². The molecule has 4 aromatic rings. The number of nitrogens with zero attached hydrogens (tertiary/aromatic N) is 4. The molecule has 10 nitrogen and oxygen atoms in total. The molecule has 0 radical (unpaired) electrons. The lowest BCUT2D eigenvalue weighted by molar-refractivity contribution is -0.108. The van der Waals surface area contributed by atoms with E-state index in [2.05, 4.69) is 35.1 Å². The molecule has 1 aliphatic heterocycles. The topological polar surface area (TPSA) is 131 Å². The Morgan fingerprint density at radius 3 is 2.52 bits per heavy atom. The van der Waals surface area contributed by atoms with Crippen molar-refractivity contribution in [1.29, 1.82) is 0 Å². The van der Waals surface area contributed by atoms with Gasteiger partial charge in [0, 0.05) is 42.9 Å². The molecular formula is C33H37N5O5S. The maximum Gasteiger partial charge on any atom is 0.251 e. The second kappa shape index (κ2) is 12.8. The van der Waals surface area contributed by atoms with E-state index >= 15 is 0 Å². The zero-order chi connectivity index (χ0) is 31.6. The van der Waals surface area contributed by atoms with E-state index in [4.69, 9.17) is 14.7 Å². The molecule has 11 heteroatoms. The third-order valence-corrected chi connectivity index (χ3v) is 9.01. The molecule has 1 aliphatic rings. The maximum atomic E-state index is 12.9. The Labute approximate surface area is 257 Å². The first-order valence-electron chi connectivity index (χ1n) is 14.6. The summed E-state index contributed by atoms with van der Waals surface area (Å²) in [6.07, 6.45) is 4.31. The highest BCUT2D eigenvalue weighted by Crippen LogP contribution is 2.30. The van der Waals surface area contributed by atoms with Gasteiger partial charge in [-0.15, -0.1) is 0 Å². The fourth-order valence-electron chi connectivity index (χ4n) is 5.47. The van der Waals surface area contributed by atoms with Gasteiger partial charge in [0.25, 0.3) is 5.91 Å². The number of anilines is 1. The molecule has 230 valence electrons. The fourth-order valence-corrected chi connectivity index (χ4v) is 6.46. The number of fused-ring (bicyclic) bond motifs is 1. The SMILES string of the molecule is Cc1ccc(C(=O)NCc2cc3nc(-c4cc(C(C)CC=O)cc(N5C[C@@H](C)O[C@@H](C)C5)n4)ccc3cn2)cc1S(C)(=O)=O. The van der Waals surface area contributed by atoms with Crippen LogP contribution in [0, 0.1) is 6.92 Å². The lowest BCUT2D eigenvalue weighted by Crippen LogP contribution is -2.45. The third kappa shape index (κ3) is 7.11. The summed E-state index contributed by atoms with van der Waals surface area (Å²) < 4.78 is 30.1. The normalized spacial score (nSPS) is 17.8. The molecular weight excluding hydrogens is 578 g/mol. The minimum Gasteiger partial charge on any atom is -0.372 e. The number of amides is 1. The number of benzene rings is 1. The van der Waals surface area contributed by atoms with Gasteiger partial charge in [-0.05, 0) is 80.3 Å². The van der Waals surface area contributed by atoms with Gasteiger partial charge in [-0.2, -0.15) is 0 Å². The second-order valence-corrected chi connectivity index (χ2v) is 13.6. The van der Waals surface area contributed by atoms with Gasteiger partial charge >= 0.3 is 0 Å². The van der Waals surface area contributed by atoms with Crippen LogP contribution in [0.15, 0.2) is 59.6 Å². The molecule has 1 saturated heterocycles. The number of hydrogen-bond donors (Lipinski definition) is 1. The van der Waals surface area contributed by atoms with Crippen LogP contribution in [0.3, 0.4) is 0 Å². The van der Waals surface area contributed by atoms with E-state index in [-0.39, 0.29) is 35.1 Å². The number of nitrogens with one attached hydrogen (secondary N) is 1. The first-order valence-corrected chi connectivity index (χ1v) is 16.5. The van der Waals surface area contributed by atoms with Crippen molar-refractivity contribution < 1.29 is 22.7 Å². The summed E-state index contributed by atoms with van der Waals surface area (Å²) in [5.41, 5.74) is 4.54. The Hall–Kier alpha value is -4.22. The first-order chi connectivity index (χ1) is 20.9. The van der Waals surface area contributed by atoms with Gasteiger partial charge in [-0.3, -0.25) is 9.78 Å². The lowest BCUT2D eigenvalue weighted by Gasteiger charge is -2.36. The van der Waals surface area contributed by atoms with E-state index in [1.165, 1.54) is 6.07 Å². The summed E-state index contributed by atoms with van der Waals surface area (Å²) in [6.45, 7) is 9.39. The summed E-state index contributed by atoms with van der Waals surface area (Å²) in [6, 6.07) is 14.3. The van der Waals surface area contributed by atoms with Gasteiger partial charge in [0.05, 0.1) is 46.2 Å². The standard InChI is InChI=1S/C33H37N5O5S/c1-20(10-11-39)26-12-30(37-32(14-26)38-18-22(3)43-23(4)19-38)28-9-8-25-16-34-27(15-29(25)36-28)17-35-33(40)24-7-6-21(2)31(13-24)44(5,41)42/h6-9,11-16,20,22-23H,10,17-19H2,1-5H3,(H,35,40)/t20?,22-,23+. The van der Waals surface area contributed by atoms with Crippen LogP contribution in [-0.2, 0) is 25.9 Å². The number of ether oxygens (including phenoxy) is 1. The highest BCUT2D eigenvalue weighted by molar-refractivity contribution is 7.90. The summed E-state index contributed by atoms with van der Waals surface area (Å²) in [4.78, 5) is 40.9. The van der Waals surface area contributed by atoms with Gasteiger partial charge in [0.2, 0.25) is 0 Å². The summed E-state index contributed by atoms with van der Waals surface area (Å²) in [5, 5.41) is 3.66. The number of pyridine rings is 3. The van der Waals surface area contributed by atoms with Crippen LogP contribution < -0.4 is 10.2 Å². The van der Waals surface area contributed by atoms with E-state index in [1.807, 2.05) is 31.2 Å². The number of aryl methyl sites for hydroxylation is 1. The van der Waals surface area contributed by atoms with Crippen molar-refractivity contribution >= 4 is 38.8 Å². The highest BCUT2D eigenvalue weighted by Gasteiger charge is 2.25. The van der Waals surface area contributed by atoms with Gasteiger partial charge in [0.1, 0.15) is 12.1 Å². The molecule has 1 fully saturated rings. The Balaban J connectivity index is 1.42. The number of aldehydes is 1. The minimum absolute atomic E-state index is 0.0193. The lowest BCUT2D eigenvalue weighted by atomic mass is 9.97. The maximum absolute atomic E-state index is 12.9. The van der Waals surface area contributed by atoms with Crippen molar-refractivity contribution in [2.75, 3.05) is 24.2 Å². The Morgan fingerprint density at radius 1 is 1.07 bits per heavy atom. The number of morpholine rings is 1. The van der Waals surface area contributed by atoms with Crippen LogP contribution in [0.5, 0.6) is 0 Å². The van der Waals surface area contributed by atoms with Crippen LogP contribution >= 0.6 is 0 Å². The largest absolute Gasteiger partial charge is 0.372 e. The molecule has 3 aromatic heterocycles. The molecule has 0 bridgehead atoms. The fraction of sp³-hybridized carbons (Fsp3) is 0.364. The van der Waals surface area contributed by atoms with Crippen molar-refractivity contribution in [3.8, 4) is 11.4 Å². The molecule has 1 amide bonds. The third-order valence-electron chi connectivity index (χ3n) is 7.77.